The third-order valence-electron chi connectivity index (χ3n) is 3.37. The van der Waals surface area contributed by atoms with Crippen LogP contribution in [0.2, 0.25) is 5.02 Å². The molecule has 0 aliphatic rings. The van der Waals surface area contributed by atoms with E-state index in [2.05, 4.69) is 4.40 Å². The van der Waals surface area contributed by atoms with E-state index in [4.69, 9.17) is 11.6 Å². The monoisotopic (exact) mass is 375 g/mol. The summed E-state index contributed by atoms with van der Waals surface area (Å²) >= 11 is 7.46. The van der Waals surface area contributed by atoms with Gasteiger partial charge in [-0.05, 0) is 48.9 Å². The normalized spacial score (nSPS) is 11.9. The second kappa shape index (κ2) is 6.89. The Balaban J connectivity index is 1.84. The molecule has 3 aromatic rings. The zero-order valence-corrected chi connectivity index (χ0v) is 15.2. The van der Waals surface area contributed by atoms with Crippen LogP contribution in [0.15, 0.2) is 70.0 Å². The van der Waals surface area contributed by atoms with Gasteiger partial charge in [0.1, 0.15) is 0 Å². The summed E-state index contributed by atoms with van der Waals surface area (Å²) in [4.78, 5) is 1.96. The predicted molar refractivity (Wildman–Crippen MR) is 101 cm³/mol. The van der Waals surface area contributed by atoms with E-state index < -0.39 is 10.0 Å². The van der Waals surface area contributed by atoms with E-state index >= 15 is 0 Å². The maximum atomic E-state index is 12.2. The minimum absolute atomic E-state index is 0.191. The lowest BCUT2D eigenvalue weighted by Gasteiger charge is -1.98. The molecule has 0 saturated carbocycles. The summed E-state index contributed by atoms with van der Waals surface area (Å²) in [6.45, 7) is 1.91. The lowest BCUT2D eigenvalue weighted by atomic mass is 10.2. The molecule has 0 spiro atoms. The van der Waals surface area contributed by atoms with Crippen molar-refractivity contribution in [1.29, 1.82) is 0 Å². The van der Waals surface area contributed by atoms with E-state index in [9.17, 15) is 8.42 Å². The zero-order valence-electron chi connectivity index (χ0n) is 12.8. The van der Waals surface area contributed by atoms with Crippen LogP contribution in [0.5, 0.6) is 0 Å². The molecule has 0 unspecified atom stereocenters. The van der Waals surface area contributed by atoms with Gasteiger partial charge in [-0.1, -0.05) is 41.4 Å². The highest BCUT2D eigenvalue weighted by molar-refractivity contribution is 7.90. The Morgan fingerprint density at radius 2 is 1.79 bits per heavy atom. The van der Waals surface area contributed by atoms with Crippen LogP contribution in [-0.4, -0.2) is 14.6 Å². The predicted octanol–water partition coefficient (Wildman–Crippen LogP) is 5.18. The molecule has 1 heterocycles. The number of nitrogens with zero attached hydrogens (tertiary/aromatic N) is 1. The van der Waals surface area contributed by atoms with Crippen molar-refractivity contribution in [3.05, 3.63) is 76.1 Å². The van der Waals surface area contributed by atoms with E-state index in [1.807, 2.05) is 43.3 Å². The fraction of sp³-hybridized carbons (Fsp3) is 0.0556. The number of hydrogen-bond donors (Lipinski definition) is 0. The second-order valence-corrected chi connectivity index (χ2v) is 8.42. The Morgan fingerprint density at radius 3 is 2.50 bits per heavy atom. The van der Waals surface area contributed by atoms with E-state index in [0.717, 1.165) is 20.9 Å². The highest BCUT2D eigenvalue weighted by Crippen LogP contribution is 2.29. The molecule has 3 rings (SSSR count). The average Bonchev–Trinajstić information content (AvgIpc) is 3.03. The van der Waals surface area contributed by atoms with Crippen molar-refractivity contribution in [1.82, 2.24) is 0 Å². The van der Waals surface area contributed by atoms with Gasteiger partial charge in [0.25, 0.3) is 10.0 Å². The van der Waals surface area contributed by atoms with Crippen molar-refractivity contribution in [3.63, 3.8) is 0 Å². The van der Waals surface area contributed by atoms with E-state index in [0.29, 0.717) is 5.02 Å². The molecule has 1 aromatic heterocycles. The van der Waals surface area contributed by atoms with Gasteiger partial charge in [0.2, 0.25) is 0 Å². The molecule has 0 aliphatic carbocycles. The van der Waals surface area contributed by atoms with Crippen LogP contribution in [0.3, 0.4) is 0 Å². The second-order valence-electron chi connectivity index (χ2n) is 5.23. The third kappa shape index (κ3) is 3.93. The van der Waals surface area contributed by atoms with Crippen LogP contribution in [-0.2, 0) is 10.0 Å². The lowest BCUT2D eigenvalue weighted by Crippen LogP contribution is -1.97. The van der Waals surface area contributed by atoms with Crippen molar-refractivity contribution in [2.75, 3.05) is 0 Å². The van der Waals surface area contributed by atoms with Gasteiger partial charge in [-0.3, -0.25) is 0 Å². The molecule has 122 valence electrons. The van der Waals surface area contributed by atoms with Crippen molar-refractivity contribution in [2.24, 2.45) is 4.40 Å². The number of benzene rings is 2. The molecule has 6 heteroatoms. The molecule has 0 atom stereocenters. The number of thiophene rings is 1. The lowest BCUT2D eigenvalue weighted by molar-refractivity contribution is 0.598. The number of aryl methyl sites for hydroxylation is 1. The molecule has 2 aromatic carbocycles. The highest BCUT2D eigenvalue weighted by atomic mass is 35.5. The molecular formula is C18H14ClNO2S2. The van der Waals surface area contributed by atoms with Crippen molar-refractivity contribution in [2.45, 2.75) is 11.8 Å². The quantitative estimate of drug-likeness (QED) is 0.589. The van der Waals surface area contributed by atoms with Gasteiger partial charge in [-0.2, -0.15) is 12.8 Å². The minimum Gasteiger partial charge on any atom is -0.199 e. The Kier molecular flexibility index (Phi) is 4.85. The van der Waals surface area contributed by atoms with Gasteiger partial charge in [-0.15, -0.1) is 11.3 Å². The first-order valence-corrected chi connectivity index (χ1v) is 9.80. The Labute approximate surface area is 150 Å². The van der Waals surface area contributed by atoms with E-state index in [1.165, 1.54) is 17.6 Å². The largest absolute Gasteiger partial charge is 0.282 e. The summed E-state index contributed by atoms with van der Waals surface area (Å²) in [5.41, 5.74) is 2.00. The van der Waals surface area contributed by atoms with E-state index in [1.54, 1.807) is 24.3 Å². The average molecular weight is 376 g/mol. The summed E-state index contributed by atoms with van der Waals surface area (Å²) in [7, 11) is -3.68. The molecule has 3 nitrogen and oxygen atoms in total. The molecule has 0 fully saturated rings. The van der Waals surface area contributed by atoms with Crippen LogP contribution in [0, 0.1) is 6.92 Å². The van der Waals surface area contributed by atoms with Gasteiger partial charge in [0.15, 0.2) is 0 Å². The van der Waals surface area contributed by atoms with Gasteiger partial charge < -0.3 is 0 Å². The minimum atomic E-state index is -3.68. The SMILES string of the molecule is Cc1ccc(S(=O)(=O)N=Cc2ccc(-c3cccc(Cl)c3)s2)cc1. The first-order chi connectivity index (χ1) is 11.4. The van der Waals surface area contributed by atoms with Crippen molar-refractivity contribution in [3.8, 4) is 10.4 Å². The van der Waals surface area contributed by atoms with Crippen LogP contribution < -0.4 is 0 Å². The number of sulfonamides is 1. The highest BCUT2D eigenvalue weighted by Gasteiger charge is 2.11. The molecule has 24 heavy (non-hydrogen) atoms. The molecule has 0 bridgehead atoms. The maximum Gasteiger partial charge on any atom is 0.282 e. The fourth-order valence-corrected chi connectivity index (χ4v) is 4.10. The first-order valence-electron chi connectivity index (χ1n) is 7.17. The summed E-state index contributed by atoms with van der Waals surface area (Å²) in [5.74, 6) is 0. The molecular weight excluding hydrogens is 362 g/mol. The van der Waals surface area contributed by atoms with Crippen molar-refractivity contribution >= 4 is 39.2 Å². The number of halogens is 1. The van der Waals surface area contributed by atoms with Crippen molar-refractivity contribution < 1.29 is 8.42 Å². The molecule has 0 amide bonds. The van der Waals surface area contributed by atoms with Crippen LogP contribution in [0.1, 0.15) is 10.4 Å². The molecule has 0 N–H and O–H groups in total. The molecule has 0 radical (unpaired) electrons. The summed E-state index contributed by atoms with van der Waals surface area (Å²) in [5, 5.41) is 0.665. The van der Waals surface area contributed by atoms with Gasteiger partial charge >= 0.3 is 0 Å². The zero-order chi connectivity index (χ0) is 17.2. The summed E-state index contributed by atoms with van der Waals surface area (Å²) < 4.78 is 28.2. The van der Waals surface area contributed by atoms with Gasteiger partial charge in [0.05, 0.1) is 11.1 Å². The number of rotatable bonds is 4. The van der Waals surface area contributed by atoms with Crippen LogP contribution >= 0.6 is 22.9 Å². The van der Waals surface area contributed by atoms with Crippen LogP contribution in [0.4, 0.5) is 0 Å². The molecule has 0 saturated heterocycles. The summed E-state index contributed by atoms with van der Waals surface area (Å²) in [6, 6.07) is 17.9. The van der Waals surface area contributed by atoms with Gasteiger partial charge in [0, 0.05) is 14.8 Å². The Hall–Kier alpha value is -1.95. The third-order valence-corrected chi connectivity index (χ3v) is 5.93. The summed E-state index contributed by atoms with van der Waals surface area (Å²) in [6.07, 6.45) is 1.38. The van der Waals surface area contributed by atoms with Crippen LogP contribution in [0.25, 0.3) is 10.4 Å². The number of hydrogen-bond acceptors (Lipinski definition) is 3. The first kappa shape index (κ1) is 16.9. The standard InChI is InChI=1S/C18H14ClNO2S2/c1-13-5-8-17(9-6-13)24(21,22)20-12-16-7-10-18(23-16)14-3-2-4-15(19)11-14/h2-12H,1H3. The van der Waals surface area contributed by atoms with E-state index in [-0.39, 0.29) is 4.90 Å². The maximum absolute atomic E-state index is 12.2. The topological polar surface area (TPSA) is 46.5 Å². The van der Waals surface area contributed by atoms with Gasteiger partial charge in [-0.25, -0.2) is 0 Å². The smallest absolute Gasteiger partial charge is 0.199 e. The Bertz CT molecular complexity index is 990. The Morgan fingerprint density at radius 1 is 1.04 bits per heavy atom. The fourth-order valence-electron chi connectivity index (χ4n) is 2.11. The molecule has 0 aliphatic heterocycles.